The number of urea groups is 1. The number of benzene rings is 1. The van der Waals surface area contributed by atoms with Crippen LogP contribution in [-0.4, -0.2) is 67.3 Å². The Balaban J connectivity index is 1.37. The van der Waals surface area contributed by atoms with E-state index >= 15 is 0 Å². The van der Waals surface area contributed by atoms with Gasteiger partial charge < -0.3 is 15.0 Å². The molecule has 1 aromatic rings. The lowest BCUT2D eigenvalue weighted by atomic mass is 10.1. The molecular formula is C19H29N3O2. The molecule has 0 spiro atoms. The monoisotopic (exact) mass is 331 g/mol. The number of rotatable bonds is 5. The molecule has 0 radical (unpaired) electrons. The zero-order chi connectivity index (χ0) is 16.8. The van der Waals surface area contributed by atoms with Crippen LogP contribution >= 0.6 is 0 Å². The van der Waals surface area contributed by atoms with Crippen molar-refractivity contribution in [2.45, 2.75) is 38.3 Å². The van der Waals surface area contributed by atoms with Crippen LogP contribution in [0.5, 0.6) is 0 Å². The first-order valence-corrected chi connectivity index (χ1v) is 9.16. The third-order valence-corrected chi connectivity index (χ3v) is 5.09. The predicted octanol–water partition coefficient (Wildman–Crippen LogP) is 2.12. The van der Waals surface area contributed by atoms with Gasteiger partial charge in [-0.15, -0.1) is 0 Å². The molecule has 2 amide bonds. The maximum Gasteiger partial charge on any atom is 0.317 e. The highest BCUT2D eigenvalue weighted by atomic mass is 16.5. The Morgan fingerprint density at radius 2 is 2.00 bits per heavy atom. The molecule has 0 saturated carbocycles. The molecular weight excluding hydrogens is 302 g/mol. The van der Waals surface area contributed by atoms with Crippen LogP contribution in [0, 0.1) is 0 Å². The first-order valence-electron chi connectivity index (χ1n) is 9.16. The molecule has 2 heterocycles. The van der Waals surface area contributed by atoms with Crippen molar-refractivity contribution in [3.8, 4) is 0 Å². The summed E-state index contributed by atoms with van der Waals surface area (Å²) in [6, 6.07) is 10.7. The molecule has 0 aliphatic carbocycles. The largest absolute Gasteiger partial charge is 0.376 e. The first-order chi connectivity index (χ1) is 11.7. The molecule has 2 aliphatic heterocycles. The van der Waals surface area contributed by atoms with E-state index in [-0.39, 0.29) is 18.2 Å². The molecule has 3 rings (SSSR count). The van der Waals surface area contributed by atoms with Gasteiger partial charge in [-0.05, 0) is 31.7 Å². The lowest BCUT2D eigenvalue weighted by Crippen LogP contribution is -2.54. The molecule has 132 valence electrons. The molecule has 2 saturated heterocycles. The summed E-state index contributed by atoms with van der Waals surface area (Å²) < 4.78 is 5.65. The summed E-state index contributed by atoms with van der Waals surface area (Å²) in [6.45, 7) is 7.45. The molecule has 1 aromatic carbocycles. The maximum atomic E-state index is 12.4. The SMILES string of the molecule is CC(NC(=O)N1CCN(CCc2ccccc2)CC1)C1CCCO1. The van der Waals surface area contributed by atoms with Crippen LogP contribution in [0.15, 0.2) is 30.3 Å². The maximum absolute atomic E-state index is 12.4. The van der Waals surface area contributed by atoms with Gasteiger partial charge in [-0.1, -0.05) is 30.3 Å². The first kappa shape index (κ1) is 17.2. The Kier molecular flexibility index (Phi) is 6.10. The lowest BCUT2D eigenvalue weighted by Gasteiger charge is -2.35. The molecule has 2 fully saturated rings. The summed E-state index contributed by atoms with van der Waals surface area (Å²) in [5.41, 5.74) is 1.38. The van der Waals surface area contributed by atoms with Crippen LogP contribution in [-0.2, 0) is 11.2 Å². The fourth-order valence-corrected chi connectivity index (χ4v) is 3.48. The van der Waals surface area contributed by atoms with Crippen molar-refractivity contribution in [3.63, 3.8) is 0 Å². The number of nitrogens with one attached hydrogen (secondary N) is 1. The van der Waals surface area contributed by atoms with E-state index in [2.05, 4.69) is 40.5 Å². The third kappa shape index (κ3) is 4.71. The minimum absolute atomic E-state index is 0.0562. The molecule has 2 atom stereocenters. The highest BCUT2D eigenvalue weighted by Crippen LogP contribution is 2.15. The van der Waals surface area contributed by atoms with Gasteiger partial charge in [-0.25, -0.2) is 4.79 Å². The highest BCUT2D eigenvalue weighted by Gasteiger charge is 2.27. The number of carbonyl (C=O) groups is 1. The average molecular weight is 331 g/mol. The fourth-order valence-electron chi connectivity index (χ4n) is 3.48. The number of hydrogen-bond acceptors (Lipinski definition) is 3. The van der Waals surface area contributed by atoms with E-state index in [1.807, 2.05) is 11.8 Å². The van der Waals surface area contributed by atoms with Gasteiger partial charge in [0.1, 0.15) is 0 Å². The number of carbonyl (C=O) groups excluding carboxylic acids is 1. The summed E-state index contributed by atoms with van der Waals surface area (Å²) in [6.07, 6.45) is 3.41. The predicted molar refractivity (Wildman–Crippen MR) is 95.1 cm³/mol. The molecule has 2 unspecified atom stereocenters. The summed E-state index contributed by atoms with van der Waals surface area (Å²) in [4.78, 5) is 16.8. The van der Waals surface area contributed by atoms with Gasteiger partial charge in [0.2, 0.25) is 0 Å². The van der Waals surface area contributed by atoms with Crippen LogP contribution in [0.2, 0.25) is 0 Å². The molecule has 1 N–H and O–H groups in total. The zero-order valence-electron chi connectivity index (χ0n) is 14.6. The molecule has 0 aromatic heterocycles. The van der Waals surface area contributed by atoms with Gasteiger partial charge in [-0.3, -0.25) is 4.90 Å². The fraction of sp³-hybridized carbons (Fsp3) is 0.632. The number of amides is 2. The molecule has 24 heavy (non-hydrogen) atoms. The summed E-state index contributed by atoms with van der Waals surface area (Å²) in [7, 11) is 0. The van der Waals surface area contributed by atoms with Crippen molar-refractivity contribution in [2.24, 2.45) is 0 Å². The number of hydrogen-bond donors (Lipinski definition) is 1. The Morgan fingerprint density at radius 1 is 1.25 bits per heavy atom. The average Bonchev–Trinajstić information content (AvgIpc) is 3.16. The Hall–Kier alpha value is -1.59. The van der Waals surface area contributed by atoms with E-state index in [1.165, 1.54) is 5.56 Å². The van der Waals surface area contributed by atoms with Crippen LogP contribution in [0.1, 0.15) is 25.3 Å². The van der Waals surface area contributed by atoms with E-state index in [0.29, 0.717) is 0 Å². The number of piperazine rings is 1. The van der Waals surface area contributed by atoms with Crippen molar-refractivity contribution in [2.75, 3.05) is 39.3 Å². The topological polar surface area (TPSA) is 44.8 Å². The van der Waals surface area contributed by atoms with Crippen LogP contribution < -0.4 is 5.32 Å². The summed E-state index contributed by atoms with van der Waals surface area (Å²) >= 11 is 0. The molecule has 5 nitrogen and oxygen atoms in total. The smallest absolute Gasteiger partial charge is 0.317 e. The van der Waals surface area contributed by atoms with Crippen molar-refractivity contribution < 1.29 is 9.53 Å². The van der Waals surface area contributed by atoms with Gasteiger partial charge >= 0.3 is 6.03 Å². The van der Waals surface area contributed by atoms with Gasteiger partial charge in [0.05, 0.1) is 12.1 Å². The third-order valence-electron chi connectivity index (χ3n) is 5.09. The van der Waals surface area contributed by atoms with Gasteiger partial charge in [0.15, 0.2) is 0 Å². The van der Waals surface area contributed by atoms with Crippen LogP contribution in [0.4, 0.5) is 4.79 Å². The minimum Gasteiger partial charge on any atom is -0.376 e. The van der Waals surface area contributed by atoms with E-state index in [4.69, 9.17) is 4.74 Å². The normalized spacial score (nSPS) is 23.2. The quantitative estimate of drug-likeness (QED) is 0.899. The minimum atomic E-state index is 0.0562. The van der Waals surface area contributed by atoms with Crippen molar-refractivity contribution >= 4 is 6.03 Å². The van der Waals surface area contributed by atoms with Crippen molar-refractivity contribution in [1.82, 2.24) is 15.1 Å². The molecule has 5 heteroatoms. The molecule has 0 bridgehead atoms. The number of nitrogens with zero attached hydrogens (tertiary/aromatic N) is 2. The molecule has 2 aliphatic rings. The number of ether oxygens (including phenoxy) is 1. The van der Waals surface area contributed by atoms with Crippen LogP contribution in [0.3, 0.4) is 0 Å². The van der Waals surface area contributed by atoms with Gasteiger partial charge in [0.25, 0.3) is 0 Å². The van der Waals surface area contributed by atoms with E-state index in [1.54, 1.807) is 0 Å². The second-order valence-electron chi connectivity index (χ2n) is 6.85. The van der Waals surface area contributed by atoms with Crippen molar-refractivity contribution in [1.29, 1.82) is 0 Å². The van der Waals surface area contributed by atoms with E-state index in [9.17, 15) is 4.79 Å². The van der Waals surface area contributed by atoms with Crippen LogP contribution in [0.25, 0.3) is 0 Å². The lowest BCUT2D eigenvalue weighted by molar-refractivity contribution is 0.0804. The Bertz CT molecular complexity index is 509. The zero-order valence-corrected chi connectivity index (χ0v) is 14.6. The Morgan fingerprint density at radius 3 is 2.67 bits per heavy atom. The second kappa shape index (κ2) is 8.49. The van der Waals surface area contributed by atoms with E-state index < -0.39 is 0 Å². The summed E-state index contributed by atoms with van der Waals surface area (Å²) in [5.74, 6) is 0. The summed E-state index contributed by atoms with van der Waals surface area (Å²) in [5, 5.41) is 3.11. The second-order valence-corrected chi connectivity index (χ2v) is 6.85. The Labute approximate surface area is 145 Å². The van der Waals surface area contributed by atoms with Gasteiger partial charge in [0, 0.05) is 39.3 Å². The standard InChI is InChI=1S/C19H29N3O2/c1-16(18-8-5-15-24-18)20-19(23)22-13-11-21(12-14-22)10-9-17-6-3-2-4-7-17/h2-4,6-7,16,18H,5,8-15H2,1H3,(H,20,23). The van der Waals surface area contributed by atoms with Gasteiger partial charge in [-0.2, -0.15) is 0 Å². The highest BCUT2D eigenvalue weighted by molar-refractivity contribution is 5.74. The van der Waals surface area contributed by atoms with Crippen molar-refractivity contribution in [3.05, 3.63) is 35.9 Å². The van der Waals surface area contributed by atoms with E-state index in [0.717, 1.165) is 58.6 Å².